The van der Waals surface area contributed by atoms with Crippen LogP contribution in [0, 0.1) is 23.2 Å². The van der Waals surface area contributed by atoms with Crippen LogP contribution in [0.5, 0.6) is 0 Å². The predicted octanol–water partition coefficient (Wildman–Crippen LogP) is 5.50. The number of amides is 2. The van der Waals surface area contributed by atoms with Crippen molar-refractivity contribution in [3.05, 3.63) is 46.2 Å². The van der Waals surface area contributed by atoms with Gasteiger partial charge in [-0.1, -0.05) is 12.1 Å². The standard InChI is InChI=1S/C25H28N2O2S/c28-23(22-4-2-8-30-22)27-7-1-3-19-5-6-20(12-21(19)27)26-24(29)25-13-16-9-17(14-25)11-18(10-16)15-25/h2,4-6,8,12,16-18H,1,3,7,9-11,13-15H2,(H,26,29). The van der Waals surface area contributed by atoms with E-state index in [1.54, 1.807) is 0 Å². The summed E-state index contributed by atoms with van der Waals surface area (Å²) in [5, 5.41) is 5.21. The van der Waals surface area contributed by atoms with Gasteiger partial charge in [0.2, 0.25) is 5.91 Å². The number of hydrogen-bond acceptors (Lipinski definition) is 3. The number of benzene rings is 1. The average Bonchev–Trinajstić information content (AvgIpc) is 3.27. The zero-order valence-electron chi connectivity index (χ0n) is 17.2. The van der Waals surface area contributed by atoms with Gasteiger partial charge < -0.3 is 10.2 Å². The van der Waals surface area contributed by atoms with Crippen molar-refractivity contribution < 1.29 is 9.59 Å². The predicted molar refractivity (Wildman–Crippen MR) is 120 cm³/mol. The van der Waals surface area contributed by atoms with E-state index in [1.807, 2.05) is 34.5 Å². The average molecular weight is 421 g/mol. The molecule has 0 unspecified atom stereocenters. The van der Waals surface area contributed by atoms with Crippen LogP contribution < -0.4 is 10.2 Å². The van der Waals surface area contributed by atoms with E-state index in [9.17, 15) is 9.59 Å². The molecule has 4 bridgehead atoms. The van der Waals surface area contributed by atoms with Crippen LogP contribution in [0.2, 0.25) is 0 Å². The minimum atomic E-state index is -0.156. The lowest BCUT2D eigenvalue weighted by Crippen LogP contribution is -2.51. The van der Waals surface area contributed by atoms with E-state index in [-0.39, 0.29) is 17.2 Å². The molecule has 1 aromatic carbocycles. The molecule has 30 heavy (non-hydrogen) atoms. The number of aryl methyl sites for hydroxylation is 1. The number of anilines is 2. The maximum Gasteiger partial charge on any atom is 0.268 e. The second-order valence-electron chi connectivity index (χ2n) is 10.0. The van der Waals surface area contributed by atoms with Gasteiger partial charge >= 0.3 is 0 Å². The van der Waals surface area contributed by atoms with Crippen molar-refractivity contribution in [2.45, 2.75) is 51.4 Å². The molecule has 4 aliphatic carbocycles. The Hall–Kier alpha value is -2.14. The van der Waals surface area contributed by atoms with E-state index in [4.69, 9.17) is 0 Å². The lowest BCUT2D eigenvalue weighted by Gasteiger charge is -2.55. The number of hydrogen-bond donors (Lipinski definition) is 1. The van der Waals surface area contributed by atoms with Crippen molar-refractivity contribution in [2.75, 3.05) is 16.8 Å². The maximum absolute atomic E-state index is 13.4. The molecule has 4 nitrogen and oxygen atoms in total. The highest BCUT2D eigenvalue weighted by Crippen LogP contribution is 2.60. The molecule has 5 aliphatic rings. The summed E-state index contributed by atoms with van der Waals surface area (Å²) in [7, 11) is 0. The number of carbonyl (C=O) groups is 2. The third kappa shape index (κ3) is 3.01. The largest absolute Gasteiger partial charge is 0.326 e. The summed E-state index contributed by atoms with van der Waals surface area (Å²) in [5.74, 6) is 2.54. The molecule has 4 fully saturated rings. The van der Waals surface area contributed by atoms with Crippen molar-refractivity contribution in [2.24, 2.45) is 23.2 Å². The Morgan fingerprint density at radius 1 is 1.03 bits per heavy atom. The van der Waals surface area contributed by atoms with Gasteiger partial charge in [0.15, 0.2) is 0 Å². The summed E-state index contributed by atoms with van der Waals surface area (Å²) in [6.07, 6.45) is 9.17. The van der Waals surface area contributed by atoms with E-state index in [2.05, 4.69) is 11.4 Å². The Balaban J connectivity index is 1.26. The summed E-state index contributed by atoms with van der Waals surface area (Å²) >= 11 is 1.49. The van der Waals surface area contributed by atoms with Crippen LogP contribution >= 0.6 is 11.3 Å². The Morgan fingerprint density at radius 3 is 2.43 bits per heavy atom. The second kappa shape index (κ2) is 6.94. The molecular formula is C25H28N2O2S. The molecule has 0 radical (unpaired) electrons. The maximum atomic E-state index is 13.4. The second-order valence-corrected chi connectivity index (χ2v) is 11.0. The molecular weight excluding hydrogens is 392 g/mol. The highest BCUT2D eigenvalue weighted by atomic mass is 32.1. The van der Waals surface area contributed by atoms with Gasteiger partial charge in [-0.3, -0.25) is 9.59 Å². The molecule has 0 atom stereocenters. The van der Waals surface area contributed by atoms with E-state index in [0.29, 0.717) is 0 Å². The molecule has 156 valence electrons. The molecule has 7 rings (SSSR count). The quantitative estimate of drug-likeness (QED) is 0.713. The van der Waals surface area contributed by atoms with Gasteiger partial charge in [-0.25, -0.2) is 0 Å². The number of thiophene rings is 1. The van der Waals surface area contributed by atoms with Gasteiger partial charge in [0, 0.05) is 17.9 Å². The Bertz CT molecular complexity index is 961. The first-order valence-electron chi connectivity index (χ1n) is 11.4. The Kier molecular flexibility index (Phi) is 4.31. The highest BCUT2D eigenvalue weighted by Gasteiger charge is 2.54. The van der Waals surface area contributed by atoms with Gasteiger partial charge in [0.25, 0.3) is 5.91 Å². The fourth-order valence-electron chi connectivity index (χ4n) is 7.05. The van der Waals surface area contributed by atoms with Crippen LogP contribution in [-0.2, 0) is 11.2 Å². The van der Waals surface area contributed by atoms with E-state index in [1.165, 1.54) is 36.2 Å². The lowest BCUT2D eigenvalue weighted by atomic mass is 9.49. The molecule has 4 saturated carbocycles. The molecule has 1 aromatic heterocycles. The highest BCUT2D eigenvalue weighted by molar-refractivity contribution is 7.12. The molecule has 5 heteroatoms. The zero-order chi connectivity index (χ0) is 20.3. The summed E-state index contributed by atoms with van der Waals surface area (Å²) in [5.41, 5.74) is 2.83. The first-order chi connectivity index (χ1) is 14.6. The van der Waals surface area contributed by atoms with Crippen molar-refractivity contribution >= 4 is 34.5 Å². The minimum absolute atomic E-state index is 0.0653. The van der Waals surface area contributed by atoms with Crippen LogP contribution in [0.4, 0.5) is 11.4 Å². The lowest BCUT2D eigenvalue weighted by molar-refractivity contribution is -0.140. The van der Waals surface area contributed by atoms with Gasteiger partial charge in [-0.2, -0.15) is 0 Å². The van der Waals surface area contributed by atoms with E-state index in [0.717, 1.165) is 72.7 Å². The first kappa shape index (κ1) is 18.6. The van der Waals surface area contributed by atoms with Crippen molar-refractivity contribution in [3.63, 3.8) is 0 Å². The van der Waals surface area contributed by atoms with Gasteiger partial charge in [-0.15, -0.1) is 11.3 Å². The fraction of sp³-hybridized carbons (Fsp3) is 0.520. The normalized spacial score (nSPS) is 31.5. The summed E-state index contributed by atoms with van der Waals surface area (Å²) in [6, 6.07) is 9.96. The van der Waals surface area contributed by atoms with Gasteiger partial charge in [0.1, 0.15) is 0 Å². The molecule has 1 N–H and O–H groups in total. The fourth-order valence-corrected chi connectivity index (χ4v) is 7.72. The van der Waals surface area contributed by atoms with Crippen LogP contribution in [0.15, 0.2) is 35.7 Å². The Morgan fingerprint density at radius 2 is 1.77 bits per heavy atom. The van der Waals surface area contributed by atoms with Crippen molar-refractivity contribution in [1.82, 2.24) is 0 Å². The molecule has 2 heterocycles. The molecule has 2 amide bonds. The van der Waals surface area contributed by atoms with Crippen LogP contribution in [-0.4, -0.2) is 18.4 Å². The number of carbonyl (C=O) groups excluding carboxylic acids is 2. The third-order valence-corrected chi connectivity index (χ3v) is 8.82. The number of fused-ring (bicyclic) bond motifs is 1. The Labute approximate surface area is 181 Å². The molecule has 0 saturated heterocycles. The van der Waals surface area contributed by atoms with E-state index >= 15 is 0 Å². The smallest absolute Gasteiger partial charge is 0.268 e. The SMILES string of the molecule is O=C(c1cccs1)N1CCCc2ccc(NC(=O)C34CC5CC(CC(C5)C3)C4)cc21. The zero-order valence-corrected chi connectivity index (χ0v) is 18.0. The van der Waals surface area contributed by atoms with E-state index < -0.39 is 0 Å². The molecule has 1 aliphatic heterocycles. The van der Waals surface area contributed by atoms with Gasteiger partial charge in [0.05, 0.1) is 10.3 Å². The van der Waals surface area contributed by atoms with Crippen LogP contribution in [0.3, 0.4) is 0 Å². The monoisotopic (exact) mass is 420 g/mol. The summed E-state index contributed by atoms with van der Waals surface area (Å²) in [6.45, 7) is 0.732. The third-order valence-electron chi connectivity index (χ3n) is 7.96. The van der Waals surface area contributed by atoms with Crippen molar-refractivity contribution in [3.8, 4) is 0 Å². The summed E-state index contributed by atoms with van der Waals surface area (Å²) in [4.78, 5) is 29.1. The van der Waals surface area contributed by atoms with Crippen LogP contribution in [0.25, 0.3) is 0 Å². The minimum Gasteiger partial charge on any atom is -0.326 e. The molecule has 2 aromatic rings. The first-order valence-corrected chi connectivity index (χ1v) is 12.3. The number of nitrogens with zero attached hydrogens (tertiary/aromatic N) is 1. The van der Waals surface area contributed by atoms with Gasteiger partial charge in [-0.05, 0) is 98.3 Å². The number of nitrogens with one attached hydrogen (secondary N) is 1. The van der Waals surface area contributed by atoms with Crippen molar-refractivity contribution in [1.29, 1.82) is 0 Å². The molecule has 0 spiro atoms. The topological polar surface area (TPSA) is 49.4 Å². The summed E-state index contributed by atoms with van der Waals surface area (Å²) < 4.78 is 0. The van der Waals surface area contributed by atoms with Crippen LogP contribution in [0.1, 0.15) is 60.2 Å². The number of rotatable bonds is 3.